The molecule has 0 amide bonds. The second-order valence-corrected chi connectivity index (χ2v) is 5.74. The highest BCUT2D eigenvalue weighted by Gasteiger charge is 2.11. The Morgan fingerprint density at radius 1 is 0.920 bits per heavy atom. The molecular formula is C18H13ClN6. The lowest BCUT2D eigenvalue weighted by molar-refractivity contribution is 0.877. The number of nitrogens with zero attached hydrogens (tertiary/aromatic N) is 6. The van der Waals surface area contributed by atoms with Gasteiger partial charge in [0, 0.05) is 22.3 Å². The molecule has 0 N–H and O–H groups in total. The van der Waals surface area contributed by atoms with Crippen molar-refractivity contribution in [2.45, 2.75) is 0 Å². The molecule has 0 saturated heterocycles. The molecule has 0 bridgehead atoms. The highest BCUT2D eigenvalue weighted by atomic mass is 35.5. The first-order valence-electron chi connectivity index (χ1n) is 7.59. The molecule has 4 aromatic rings. The van der Waals surface area contributed by atoms with Crippen molar-refractivity contribution in [2.75, 3.05) is 0 Å². The van der Waals surface area contributed by atoms with Crippen LogP contribution in [0.25, 0.3) is 16.9 Å². The summed E-state index contributed by atoms with van der Waals surface area (Å²) in [5.74, 6) is 0. The summed E-state index contributed by atoms with van der Waals surface area (Å²) < 4.78 is 3.36. The Morgan fingerprint density at radius 2 is 1.64 bits per heavy atom. The van der Waals surface area contributed by atoms with Crippen molar-refractivity contribution in [1.29, 1.82) is 0 Å². The van der Waals surface area contributed by atoms with Gasteiger partial charge in [0.25, 0.3) is 0 Å². The standard InChI is InChI=1S/C18H13ClN6/c19-16-8-6-14(7-9-16)18-15(10-22-24-12-20-21-13-24)11-25(23-18)17-4-2-1-3-5-17/h1-13H/b22-10-. The Labute approximate surface area is 149 Å². The van der Waals surface area contributed by atoms with Gasteiger partial charge in [-0.25, -0.2) is 9.36 Å². The predicted molar refractivity (Wildman–Crippen MR) is 97.0 cm³/mol. The molecule has 0 aliphatic rings. The van der Waals surface area contributed by atoms with Gasteiger partial charge < -0.3 is 0 Å². The van der Waals surface area contributed by atoms with Crippen LogP contribution in [-0.4, -0.2) is 30.9 Å². The summed E-state index contributed by atoms with van der Waals surface area (Å²) in [5.41, 5.74) is 3.63. The summed E-state index contributed by atoms with van der Waals surface area (Å²) in [6, 6.07) is 17.5. The monoisotopic (exact) mass is 348 g/mol. The van der Waals surface area contributed by atoms with Gasteiger partial charge in [-0.2, -0.15) is 10.2 Å². The highest BCUT2D eigenvalue weighted by molar-refractivity contribution is 6.30. The quantitative estimate of drug-likeness (QED) is 0.529. The van der Waals surface area contributed by atoms with E-state index in [0.29, 0.717) is 5.02 Å². The van der Waals surface area contributed by atoms with E-state index in [9.17, 15) is 0 Å². The van der Waals surface area contributed by atoms with Gasteiger partial charge in [0.15, 0.2) is 0 Å². The van der Waals surface area contributed by atoms with Gasteiger partial charge in [-0.15, -0.1) is 10.2 Å². The van der Waals surface area contributed by atoms with E-state index in [-0.39, 0.29) is 0 Å². The van der Waals surface area contributed by atoms with Gasteiger partial charge in [0.1, 0.15) is 18.3 Å². The van der Waals surface area contributed by atoms with Crippen LogP contribution >= 0.6 is 11.6 Å². The van der Waals surface area contributed by atoms with E-state index in [1.807, 2.05) is 65.5 Å². The lowest BCUT2D eigenvalue weighted by atomic mass is 10.1. The Hall–Kier alpha value is -3.25. The second-order valence-electron chi connectivity index (χ2n) is 5.31. The summed E-state index contributed by atoms with van der Waals surface area (Å²) in [6.45, 7) is 0. The minimum Gasteiger partial charge on any atom is -0.240 e. The molecular weight excluding hydrogens is 336 g/mol. The van der Waals surface area contributed by atoms with Crippen LogP contribution in [0.3, 0.4) is 0 Å². The second kappa shape index (κ2) is 6.70. The molecule has 122 valence electrons. The lowest BCUT2D eigenvalue weighted by Gasteiger charge is -2.00. The topological polar surface area (TPSA) is 60.9 Å². The van der Waals surface area contributed by atoms with Crippen molar-refractivity contribution in [1.82, 2.24) is 24.7 Å². The molecule has 6 nitrogen and oxygen atoms in total. The Balaban J connectivity index is 1.79. The fourth-order valence-corrected chi connectivity index (χ4v) is 2.54. The fraction of sp³-hybridized carbons (Fsp3) is 0. The van der Waals surface area contributed by atoms with Crippen molar-refractivity contribution in [3.63, 3.8) is 0 Å². The average Bonchev–Trinajstić information content (AvgIpc) is 3.31. The molecule has 2 aromatic heterocycles. The summed E-state index contributed by atoms with van der Waals surface area (Å²) >= 11 is 6.00. The molecule has 0 spiro atoms. The van der Waals surface area contributed by atoms with Crippen molar-refractivity contribution in [2.24, 2.45) is 5.10 Å². The Bertz CT molecular complexity index is 988. The molecule has 0 aliphatic carbocycles. The minimum absolute atomic E-state index is 0.686. The van der Waals surface area contributed by atoms with E-state index >= 15 is 0 Å². The van der Waals surface area contributed by atoms with Crippen LogP contribution in [-0.2, 0) is 0 Å². The van der Waals surface area contributed by atoms with Crippen LogP contribution < -0.4 is 0 Å². The van der Waals surface area contributed by atoms with Crippen molar-refractivity contribution >= 4 is 17.8 Å². The summed E-state index contributed by atoms with van der Waals surface area (Å²) in [7, 11) is 0. The van der Waals surface area contributed by atoms with Gasteiger partial charge in [0.05, 0.1) is 11.9 Å². The normalized spacial score (nSPS) is 11.2. The van der Waals surface area contributed by atoms with E-state index in [4.69, 9.17) is 16.7 Å². The van der Waals surface area contributed by atoms with E-state index in [0.717, 1.165) is 22.5 Å². The molecule has 2 aromatic carbocycles. The molecule has 0 unspecified atom stereocenters. The van der Waals surface area contributed by atoms with Crippen molar-refractivity contribution < 1.29 is 0 Å². The first kappa shape index (κ1) is 15.3. The van der Waals surface area contributed by atoms with Gasteiger partial charge in [-0.05, 0) is 24.3 Å². The van der Waals surface area contributed by atoms with Crippen LogP contribution in [0.5, 0.6) is 0 Å². The van der Waals surface area contributed by atoms with Crippen molar-refractivity contribution in [3.8, 4) is 16.9 Å². The summed E-state index contributed by atoms with van der Waals surface area (Å²) in [4.78, 5) is 0. The van der Waals surface area contributed by atoms with Gasteiger partial charge in [-0.1, -0.05) is 41.9 Å². The maximum absolute atomic E-state index is 6.00. The molecule has 7 heteroatoms. The fourth-order valence-electron chi connectivity index (χ4n) is 2.41. The molecule has 0 saturated carbocycles. The third-order valence-corrected chi connectivity index (χ3v) is 3.87. The third-order valence-electron chi connectivity index (χ3n) is 3.62. The molecule has 4 rings (SSSR count). The smallest absolute Gasteiger partial charge is 0.141 e. The molecule has 0 radical (unpaired) electrons. The van der Waals surface area contributed by atoms with Crippen LogP contribution in [0, 0.1) is 0 Å². The zero-order valence-electron chi connectivity index (χ0n) is 13.1. The van der Waals surface area contributed by atoms with Crippen LogP contribution in [0.1, 0.15) is 5.56 Å². The number of para-hydroxylation sites is 1. The molecule has 0 fully saturated rings. The lowest BCUT2D eigenvalue weighted by Crippen LogP contribution is -1.93. The van der Waals surface area contributed by atoms with Gasteiger partial charge in [0.2, 0.25) is 0 Å². The number of hydrogen-bond acceptors (Lipinski definition) is 4. The first-order valence-corrected chi connectivity index (χ1v) is 7.97. The van der Waals surface area contributed by atoms with E-state index in [1.54, 1.807) is 6.21 Å². The number of benzene rings is 2. The zero-order valence-corrected chi connectivity index (χ0v) is 13.8. The Morgan fingerprint density at radius 3 is 2.36 bits per heavy atom. The summed E-state index contributed by atoms with van der Waals surface area (Å²) in [6.07, 6.45) is 6.73. The number of rotatable bonds is 4. The Kier molecular flexibility index (Phi) is 4.10. The molecule has 2 heterocycles. The van der Waals surface area contributed by atoms with E-state index < -0.39 is 0 Å². The highest BCUT2D eigenvalue weighted by Crippen LogP contribution is 2.24. The van der Waals surface area contributed by atoms with Crippen LogP contribution in [0.2, 0.25) is 5.02 Å². The maximum atomic E-state index is 6.00. The van der Waals surface area contributed by atoms with E-state index in [2.05, 4.69) is 15.3 Å². The van der Waals surface area contributed by atoms with Crippen molar-refractivity contribution in [3.05, 3.63) is 84.0 Å². The van der Waals surface area contributed by atoms with Crippen LogP contribution in [0.15, 0.2) is 78.6 Å². The minimum atomic E-state index is 0.686. The summed E-state index contributed by atoms with van der Waals surface area (Å²) in [5, 5.41) is 17.2. The van der Waals surface area contributed by atoms with Crippen LogP contribution in [0.4, 0.5) is 0 Å². The number of halogens is 1. The zero-order chi connectivity index (χ0) is 17.1. The number of hydrogen-bond donors (Lipinski definition) is 0. The molecule has 25 heavy (non-hydrogen) atoms. The first-order chi connectivity index (χ1) is 12.3. The number of aromatic nitrogens is 5. The maximum Gasteiger partial charge on any atom is 0.141 e. The third kappa shape index (κ3) is 3.34. The van der Waals surface area contributed by atoms with Gasteiger partial charge in [-0.3, -0.25) is 0 Å². The molecule has 0 aliphatic heterocycles. The SMILES string of the molecule is Clc1ccc(-c2nn(-c3ccccc3)cc2/C=N\n2cnnc2)cc1. The molecule has 0 atom stereocenters. The van der Waals surface area contributed by atoms with Gasteiger partial charge >= 0.3 is 0 Å². The largest absolute Gasteiger partial charge is 0.240 e. The average molecular weight is 349 g/mol. The van der Waals surface area contributed by atoms with E-state index in [1.165, 1.54) is 17.3 Å². The predicted octanol–water partition coefficient (Wildman–Crippen LogP) is 3.67.